The highest BCUT2D eigenvalue weighted by Crippen LogP contribution is 2.66. The Labute approximate surface area is 151 Å². The summed E-state index contributed by atoms with van der Waals surface area (Å²) < 4.78 is 2.24. The maximum Gasteiger partial charge on any atom is 0.0989 e. The van der Waals surface area contributed by atoms with E-state index in [0.717, 1.165) is 12.3 Å². The molecule has 0 saturated heterocycles. The second-order valence-corrected chi connectivity index (χ2v) is 9.79. The van der Waals surface area contributed by atoms with Crippen molar-refractivity contribution in [1.29, 1.82) is 0 Å². The highest BCUT2D eigenvalue weighted by Gasteiger charge is 2.60. The zero-order valence-electron chi connectivity index (χ0n) is 15.7. The molecule has 0 radical (unpaired) electrons. The Morgan fingerprint density at radius 2 is 2.00 bits per heavy atom. The van der Waals surface area contributed by atoms with Crippen molar-refractivity contribution in [2.45, 2.75) is 71.3 Å². The minimum absolute atomic E-state index is 0.0776. The molecule has 3 saturated carbocycles. The maximum absolute atomic E-state index is 11.0. The molecule has 25 heavy (non-hydrogen) atoms. The van der Waals surface area contributed by atoms with Gasteiger partial charge >= 0.3 is 0 Å². The van der Waals surface area contributed by atoms with Crippen molar-refractivity contribution in [3.05, 3.63) is 24.8 Å². The molecule has 136 valence electrons. The third-order valence-electron chi connectivity index (χ3n) is 8.91. The largest absolute Gasteiger partial charge is 0.393 e. The van der Waals surface area contributed by atoms with Gasteiger partial charge in [0.2, 0.25) is 0 Å². The van der Waals surface area contributed by atoms with Crippen LogP contribution in [0.4, 0.5) is 0 Å². The molecule has 0 aliphatic heterocycles. The molecule has 0 amide bonds. The first-order valence-corrected chi connectivity index (χ1v) is 10.4. The Morgan fingerprint density at radius 1 is 1.12 bits per heavy atom. The molecule has 1 N–H and O–H groups in total. The van der Waals surface area contributed by atoms with E-state index < -0.39 is 0 Å². The molecule has 3 heteroatoms. The van der Waals surface area contributed by atoms with E-state index in [1.54, 1.807) is 0 Å². The lowest BCUT2D eigenvalue weighted by atomic mass is 9.44. The molecule has 1 aromatic rings. The lowest BCUT2D eigenvalue weighted by Gasteiger charge is -2.61. The van der Waals surface area contributed by atoms with Gasteiger partial charge in [0.25, 0.3) is 0 Å². The van der Waals surface area contributed by atoms with Crippen LogP contribution >= 0.6 is 0 Å². The number of rotatable bonds is 1. The summed E-state index contributed by atoms with van der Waals surface area (Å²) in [4.78, 5) is 4.28. The highest BCUT2D eigenvalue weighted by molar-refractivity contribution is 5.56. The van der Waals surface area contributed by atoms with E-state index in [9.17, 15) is 5.11 Å². The molecule has 5 rings (SSSR count). The number of allylic oxidation sites excluding steroid dienone is 2. The van der Waals surface area contributed by atoms with Gasteiger partial charge in [-0.1, -0.05) is 32.8 Å². The smallest absolute Gasteiger partial charge is 0.0989 e. The first-order chi connectivity index (χ1) is 12.0. The van der Waals surface area contributed by atoms with Crippen molar-refractivity contribution in [3.8, 4) is 0 Å². The summed E-state index contributed by atoms with van der Waals surface area (Å²) in [5.41, 5.74) is 2.08. The fraction of sp³-hybridized carbons (Fsp3) is 0.773. The zero-order chi connectivity index (χ0) is 17.2. The molecule has 0 spiro atoms. The number of fused-ring (bicyclic) bond motifs is 5. The summed E-state index contributed by atoms with van der Waals surface area (Å²) in [6.45, 7) is 5.01. The SMILES string of the molecule is CC12CCC3C(CC(O)C4CCCCC43C)C1CC=C2n1ccnc1. The highest BCUT2D eigenvalue weighted by atomic mass is 16.3. The molecule has 7 atom stereocenters. The van der Waals surface area contributed by atoms with Crippen LogP contribution in [0, 0.1) is 34.5 Å². The second kappa shape index (κ2) is 5.45. The predicted octanol–water partition coefficient (Wildman–Crippen LogP) is 4.74. The first kappa shape index (κ1) is 16.1. The van der Waals surface area contributed by atoms with Crippen molar-refractivity contribution in [1.82, 2.24) is 9.55 Å². The summed E-state index contributed by atoms with van der Waals surface area (Å²) in [7, 11) is 0. The van der Waals surface area contributed by atoms with Gasteiger partial charge in [-0.2, -0.15) is 0 Å². The number of imidazole rings is 1. The third-order valence-corrected chi connectivity index (χ3v) is 8.91. The molecular formula is C22H32N2O. The van der Waals surface area contributed by atoms with E-state index in [1.165, 1.54) is 50.6 Å². The fourth-order valence-electron chi connectivity index (χ4n) is 7.70. The third kappa shape index (κ3) is 2.11. The Balaban J connectivity index is 1.49. The summed E-state index contributed by atoms with van der Waals surface area (Å²) in [5, 5.41) is 11.0. The lowest BCUT2D eigenvalue weighted by molar-refractivity contribution is -0.149. The number of hydrogen-bond acceptors (Lipinski definition) is 2. The van der Waals surface area contributed by atoms with Gasteiger partial charge in [0.1, 0.15) is 0 Å². The molecular weight excluding hydrogens is 308 g/mol. The van der Waals surface area contributed by atoms with Crippen molar-refractivity contribution in [2.24, 2.45) is 34.5 Å². The topological polar surface area (TPSA) is 38.0 Å². The molecule has 1 aromatic heterocycles. The average Bonchev–Trinajstić information content (AvgIpc) is 3.21. The number of aliphatic hydroxyl groups excluding tert-OH is 1. The molecule has 0 bridgehead atoms. The summed E-state index contributed by atoms with van der Waals surface area (Å²) in [5.74, 6) is 2.74. The number of aliphatic hydroxyl groups is 1. The Kier molecular flexibility index (Phi) is 3.51. The van der Waals surface area contributed by atoms with Crippen LogP contribution in [0.3, 0.4) is 0 Å². The maximum atomic E-state index is 11.0. The minimum Gasteiger partial charge on any atom is -0.393 e. The Bertz CT molecular complexity index is 680. The van der Waals surface area contributed by atoms with E-state index in [4.69, 9.17) is 0 Å². The van der Waals surface area contributed by atoms with E-state index in [2.05, 4.69) is 35.7 Å². The van der Waals surface area contributed by atoms with Gasteiger partial charge in [-0.3, -0.25) is 0 Å². The fourth-order valence-corrected chi connectivity index (χ4v) is 7.70. The van der Waals surface area contributed by atoms with Crippen LogP contribution in [-0.4, -0.2) is 20.8 Å². The monoisotopic (exact) mass is 340 g/mol. The van der Waals surface area contributed by atoms with Gasteiger partial charge in [0, 0.05) is 23.5 Å². The van der Waals surface area contributed by atoms with Crippen molar-refractivity contribution in [3.63, 3.8) is 0 Å². The van der Waals surface area contributed by atoms with E-state index >= 15 is 0 Å². The molecule has 7 unspecified atom stereocenters. The van der Waals surface area contributed by atoms with E-state index in [0.29, 0.717) is 23.2 Å². The second-order valence-electron chi connectivity index (χ2n) is 9.79. The normalized spacial score (nSPS) is 49.1. The van der Waals surface area contributed by atoms with Crippen molar-refractivity contribution >= 4 is 5.70 Å². The molecule has 1 heterocycles. The number of nitrogens with zero attached hydrogens (tertiary/aromatic N) is 2. The van der Waals surface area contributed by atoms with Gasteiger partial charge in [0.05, 0.1) is 12.4 Å². The van der Waals surface area contributed by atoms with Gasteiger partial charge in [0.15, 0.2) is 0 Å². The van der Waals surface area contributed by atoms with Gasteiger partial charge in [-0.05, 0) is 67.6 Å². The quantitative estimate of drug-likeness (QED) is 0.802. The molecule has 4 aliphatic carbocycles. The zero-order valence-corrected chi connectivity index (χ0v) is 15.7. The van der Waals surface area contributed by atoms with Crippen LogP contribution in [0.25, 0.3) is 5.70 Å². The lowest BCUT2D eigenvalue weighted by Crippen LogP contribution is -2.56. The summed E-state index contributed by atoms with van der Waals surface area (Å²) in [6.07, 6.45) is 18.5. The number of hydrogen-bond donors (Lipinski definition) is 1. The molecule has 0 aromatic carbocycles. The van der Waals surface area contributed by atoms with Crippen molar-refractivity contribution in [2.75, 3.05) is 0 Å². The van der Waals surface area contributed by atoms with Crippen LogP contribution in [0.15, 0.2) is 24.8 Å². The van der Waals surface area contributed by atoms with Gasteiger partial charge in [-0.15, -0.1) is 0 Å². The predicted molar refractivity (Wildman–Crippen MR) is 99.6 cm³/mol. The van der Waals surface area contributed by atoms with Crippen LogP contribution in [0.2, 0.25) is 0 Å². The van der Waals surface area contributed by atoms with Crippen LogP contribution in [0.5, 0.6) is 0 Å². The molecule has 3 nitrogen and oxygen atoms in total. The van der Waals surface area contributed by atoms with Gasteiger partial charge in [-0.25, -0.2) is 4.98 Å². The molecule has 4 aliphatic rings. The number of aromatic nitrogens is 2. The van der Waals surface area contributed by atoms with Crippen molar-refractivity contribution < 1.29 is 5.11 Å². The van der Waals surface area contributed by atoms with E-state index in [1.807, 2.05) is 12.5 Å². The first-order valence-electron chi connectivity index (χ1n) is 10.4. The summed E-state index contributed by atoms with van der Waals surface area (Å²) >= 11 is 0. The van der Waals surface area contributed by atoms with E-state index in [-0.39, 0.29) is 11.5 Å². The van der Waals surface area contributed by atoms with Crippen LogP contribution in [-0.2, 0) is 0 Å². The Morgan fingerprint density at radius 3 is 2.80 bits per heavy atom. The van der Waals surface area contributed by atoms with Crippen LogP contribution < -0.4 is 0 Å². The Hall–Kier alpha value is -1.09. The average molecular weight is 341 g/mol. The molecule has 3 fully saturated rings. The minimum atomic E-state index is -0.0776. The summed E-state index contributed by atoms with van der Waals surface area (Å²) in [6, 6.07) is 0. The standard InChI is InChI=1S/C22H32N2O/c1-21-9-4-3-5-18(21)19(25)13-15-16-6-7-20(24-12-11-23-14-24)22(16,2)10-8-17(15)21/h7,11-12,14-19,25H,3-6,8-10,13H2,1-2H3. The van der Waals surface area contributed by atoms with Crippen LogP contribution in [0.1, 0.15) is 65.2 Å². The van der Waals surface area contributed by atoms with Gasteiger partial charge < -0.3 is 9.67 Å².